The van der Waals surface area contributed by atoms with E-state index >= 15 is 0 Å². The summed E-state index contributed by atoms with van der Waals surface area (Å²) in [6.45, 7) is 0. The van der Waals surface area contributed by atoms with Crippen LogP contribution < -0.4 is 11.1 Å². The van der Waals surface area contributed by atoms with Crippen molar-refractivity contribution in [3.05, 3.63) is 58.1 Å². The monoisotopic (exact) mass is 337 g/mol. The molecule has 1 amide bonds. The van der Waals surface area contributed by atoms with Crippen LogP contribution in [-0.2, 0) is 10.1 Å². The zero-order chi connectivity index (χ0) is 17.2. The molecule has 0 aromatic heterocycles. The van der Waals surface area contributed by atoms with Crippen molar-refractivity contribution in [1.29, 1.82) is 0 Å². The van der Waals surface area contributed by atoms with Gasteiger partial charge in [-0.1, -0.05) is 0 Å². The number of nitro groups is 1. The third-order valence-electron chi connectivity index (χ3n) is 2.87. The quantitative estimate of drug-likeness (QED) is 0.332. The number of anilines is 2. The third-order valence-corrected chi connectivity index (χ3v) is 3.75. The number of carbonyl (C=O) groups excluding carboxylic acids is 1. The lowest BCUT2D eigenvalue weighted by Crippen LogP contribution is -2.13. The van der Waals surface area contributed by atoms with Crippen LogP contribution in [-0.4, -0.2) is 23.8 Å². The summed E-state index contributed by atoms with van der Waals surface area (Å²) in [7, 11) is -4.85. The Labute approximate surface area is 130 Å². The van der Waals surface area contributed by atoms with Gasteiger partial charge in [0.1, 0.15) is 0 Å². The standard InChI is InChI=1S/C13H11N3O6S/c14-9-2-4-10(5-3-9)15-13(17)8-1-6-11(16(18)19)12(7-8)23(20,21)22/h1-7H,14H2,(H,15,17)(H,20,21,22). The fourth-order valence-corrected chi connectivity index (χ4v) is 2.47. The van der Waals surface area contributed by atoms with E-state index in [1.165, 1.54) is 12.1 Å². The summed E-state index contributed by atoms with van der Waals surface area (Å²) >= 11 is 0. The van der Waals surface area contributed by atoms with E-state index in [1.807, 2.05) is 0 Å². The molecular weight excluding hydrogens is 326 g/mol. The Morgan fingerprint density at radius 1 is 1.17 bits per heavy atom. The van der Waals surface area contributed by atoms with Gasteiger partial charge in [-0.15, -0.1) is 0 Å². The first-order valence-corrected chi connectivity index (χ1v) is 7.55. The van der Waals surface area contributed by atoms with Crippen LogP contribution in [0.3, 0.4) is 0 Å². The zero-order valence-electron chi connectivity index (χ0n) is 11.5. The van der Waals surface area contributed by atoms with Crippen molar-refractivity contribution < 1.29 is 22.7 Å². The van der Waals surface area contributed by atoms with E-state index in [9.17, 15) is 23.3 Å². The van der Waals surface area contributed by atoms with Gasteiger partial charge in [-0.2, -0.15) is 8.42 Å². The van der Waals surface area contributed by atoms with Crippen molar-refractivity contribution >= 4 is 33.1 Å². The van der Waals surface area contributed by atoms with E-state index in [2.05, 4.69) is 5.32 Å². The Bertz CT molecular complexity index is 877. The number of rotatable bonds is 4. The average Bonchev–Trinajstić information content (AvgIpc) is 2.48. The molecule has 23 heavy (non-hydrogen) atoms. The molecule has 0 heterocycles. The topological polar surface area (TPSA) is 153 Å². The van der Waals surface area contributed by atoms with Gasteiger partial charge in [0, 0.05) is 23.0 Å². The van der Waals surface area contributed by atoms with Gasteiger partial charge in [-0.05, 0) is 36.4 Å². The number of nitrogens with one attached hydrogen (secondary N) is 1. The lowest BCUT2D eigenvalue weighted by molar-refractivity contribution is -0.387. The highest BCUT2D eigenvalue weighted by molar-refractivity contribution is 7.86. The largest absolute Gasteiger partial charge is 0.399 e. The van der Waals surface area contributed by atoms with E-state index in [1.54, 1.807) is 12.1 Å². The molecule has 2 aromatic rings. The van der Waals surface area contributed by atoms with Crippen LogP contribution in [0, 0.1) is 10.1 Å². The fourth-order valence-electron chi connectivity index (χ4n) is 1.78. The molecule has 0 saturated heterocycles. The molecule has 0 aliphatic heterocycles. The zero-order valence-corrected chi connectivity index (χ0v) is 12.3. The first kappa shape index (κ1) is 16.4. The van der Waals surface area contributed by atoms with E-state index in [4.69, 9.17) is 10.3 Å². The Morgan fingerprint density at radius 3 is 2.30 bits per heavy atom. The van der Waals surface area contributed by atoms with Gasteiger partial charge in [0.15, 0.2) is 4.90 Å². The first-order valence-electron chi connectivity index (χ1n) is 6.11. The molecule has 0 atom stereocenters. The van der Waals surface area contributed by atoms with Crippen molar-refractivity contribution in [1.82, 2.24) is 0 Å². The maximum absolute atomic E-state index is 12.1. The molecular formula is C13H11N3O6S. The maximum Gasteiger partial charge on any atom is 0.301 e. The van der Waals surface area contributed by atoms with Crippen molar-refractivity contribution in [2.45, 2.75) is 4.90 Å². The molecule has 0 radical (unpaired) electrons. The number of nitrogens with two attached hydrogens (primary N) is 1. The highest BCUT2D eigenvalue weighted by Gasteiger charge is 2.25. The van der Waals surface area contributed by atoms with Gasteiger partial charge >= 0.3 is 10.1 Å². The molecule has 4 N–H and O–H groups in total. The molecule has 0 unspecified atom stereocenters. The van der Waals surface area contributed by atoms with E-state index in [-0.39, 0.29) is 5.56 Å². The molecule has 2 rings (SSSR count). The summed E-state index contributed by atoms with van der Waals surface area (Å²) in [6, 6.07) is 8.81. The van der Waals surface area contributed by atoms with Gasteiger partial charge in [0.25, 0.3) is 11.6 Å². The second-order valence-corrected chi connectivity index (χ2v) is 5.88. The molecule has 9 nitrogen and oxygen atoms in total. The van der Waals surface area contributed by atoms with E-state index in [0.717, 1.165) is 18.2 Å². The molecule has 0 aliphatic carbocycles. The van der Waals surface area contributed by atoms with Crippen LogP contribution in [0.4, 0.5) is 17.1 Å². The fraction of sp³-hybridized carbons (Fsp3) is 0. The minimum Gasteiger partial charge on any atom is -0.399 e. The predicted octanol–water partition coefficient (Wildman–Crippen LogP) is 1.68. The summed E-state index contributed by atoms with van der Waals surface area (Å²) in [6.07, 6.45) is 0. The van der Waals surface area contributed by atoms with Crippen LogP contribution in [0.15, 0.2) is 47.4 Å². The smallest absolute Gasteiger partial charge is 0.301 e. The molecule has 10 heteroatoms. The van der Waals surface area contributed by atoms with Crippen LogP contribution in [0.2, 0.25) is 0 Å². The van der Waals surface area contributed by atoms with E-state index in [0.29, 0.717) is 11.4 Å². The maximum atomic E-state index is 12.1. The second kappa shape index (κ2) is 6.02. The highest BCUT2D eigenvalue weighted by Crippen LogP contribution is 2.25. The number of amides is 1. The number of benzene rings is 2. The minimum atomic E-state index is -4.85. The number of carbonyl (C=O) groups is 1. The van der Waals surface area contributed by atoms with Crippen LogP contribution >= 0.6 is 0 Å². The van der Waals surface area contributed by atoms with Gasteiger partial charge in [0.2, 0.25) is 0 Å². The number of nitrogen functional groups attached to an aromatic ring is 1. The van der Waals surface area contributed by atoms with Crippen LogP contribution in [0.1, 0.15) is 10.4 Å². The van der Waals surface area contributed by atoms with Crippen LogP contribution in [0.25, 0.3) is 0 Å². The number of nitro benzene ring substituents is 1. The van der Waals surface area contributed by atoms with Crippen molar-refractivity contribution in [2.24, 2.45) is 0 Å². The highest BCUT2D eigenvalue weighted by atomic mass is 32.2. The predicted molar refractivity (Wildman–Crippen MR) is 81.7 cm³/mol. The first-order chi connectivity index (χ1) is 10.7. The lowest BCUT2D eigenvalue weighted by atomic mass is 10.2. The summed E-state index contributed by atoms with van der Waals surface area (Å²) in [5.74, 6) is -0.699. The number of hydrogen-bond donors (Lipinski definition) is 3. The molecule has 0 bridgehead atoms. The van der Waals surface area contributed by atoms with Crippen molar-refractivity contribution in [3.8, 4) is 0 Å². The van der Waals surface area contributed by atoms with E-state index < -0.39 is 31.5 Å². The molecule has 2 aromatic carbocycles. The second-order valence-electron chi connectivity index (χ2n) is 4.49. The molecule has 120 valence electrons. The van der Waals surface area contributed by atoms with Gasteiger partial charge < -0.3 is 11.1 Å². The summed E-state index contributed by atoms with van der Waals surface area (Å²) in [5, 5.41) is 13.3. The Hall–Kier alpha value is -2.98. The van der Waals surface area contributed by atoms with Gasteiger partial charge in [-0.3, -0.25) is 19.5 Å². The number of hydrogen-bond acceptors (Lipinski definition) is 6. The van der Waals surface area contributed by atoms with Crippen molar-refractivity contribution in [3.63, 3.8) is 0 Å². The average molecular weight is 337 g/mol. The van der Waals surface area contributed by atoms with Gasteiger partial charge in [0.05, 0.1) is 4.92 Å². The Morgan fingerprint density at radius 2 is 1.78 bits per heavy atom. The lowest BCUT2D eigenvalue weighted by Gasteiger charge is -2.07. The van der Waals surface area contributed by atoms with Crippen molar-refractivity contribution in [2.75, 3.05) is 11.1 Å². The molecule has 0 fully saturated rings. The molecule has 0 spiro atoms. The van der Waals surface area contributed by atoms with Crippen LogP contribution in [0.5, 0.6) is 0 Å². The normalized spacial score (nSPS) is 11.0. The molecule has 0 aliphatic rings. The third kappa shape index (κ3) is 3.81. The number of nitrogens with zero attached hydrogens (tertiary/aromatic N) is 1. The summed E-state index contributed by atoms with van der Waals surface area (Å²) in [4.78, 5) is 20.9. The summed E-state index contributed by atoms with van der Waals surface area (Å²) in [5.41, 5.74) is 5.41. The summed E-state index contributed by atoms with van der Waals surface area (Å²) < 4.78 is 31.5. The molecule has 0 saturated carbocycles. The Kier molecular flexibility index (Phi) is 4.29. The minimum absolute atomic E-state index is 0.167. The van der Waals surface area contributed by atoms with Gasteiger partial charge in [-0.25, -0.2) is 0 Å². The Balaban J connectivity index is 2.38. The SMILES string of the molecule is Nc1ccc(NC(=O)c2ccc([N+](=O)[O-])c(S(=O)(=O)O)c2)cc1.